The molecular formula is C16H20FNO2. The van der Waals surface area contributed by atoms with Crippen LogP contribution >= 0.6 is 0 Å². The molecule has 20 heavy (non-hydrogen) atoms. The minimum Gasteiger partial charge on any atom is -0.384 e. The zero-order valence-corrected chi connectivity index (χ0v) is 12.0. The molecule has 1 aromatic rings. The van der Waals surface area contributed by atoms with E-state index in [0.29, 0.717) is 23.9 Å². The molecule has 2 N–H and O–H groups in total. The van der Waals surface area contributed by atoms with Gasteiger partial charge in [-0.1, -0.05) is 32.6 Å². The molecule has 1 unspecified atom stereocenters. The molecule has 0 fully saturated rings. The molecule has 0 aliphatic rings. The molecule has 1 amide bonds. The number of hydrogen-bond donors (Lipinski definition) is 2. The molecular weight excluding hydrogens is 257 g/mol. The Balaban J connectivity index is 2.88. The smallest absolute Gasteiger partial charge is 0.252 e. The van der Waals surface area contributed by atoms with Crippen molar-refractivity contribution in [2.75, 3.05) is 13.2 Å². The number of hydrogen-bond acceptors (Lipinski definition) is 2. The Morgan fingerprint density at radius 1 is 1.40 bits per heavy atom. The lowest BCUT2D eigenvalue weighted by molar-refractivity contribution is 0.0944. The van der Waals surface area contributed by atoms with Crippen LogP contribution in [0.5, 0.6) is 0 Å². The Kier molecular flexibility index (Phi) is 6.20. The number of halogens is 1. The van der Waals surface area contributed by atoms with Gasteiger partial charge >= 0.3 is 0 Å². The summed E-state index contributed by atoms with van der Waals surface area (Å²) in [5, 5.41) is 11.5. The van der Waals surface area contributed by atoms with E-state index in [-0.39, 0.29) is 18.1 Å². The molecule has 0 aliphatic carbocycles. The van der Waals surface area contributed by atoms with Gasteiger partial charge in [0.05, 0.1) is 5.56 Å². The fraction of sp³-hybridized carbons (Fsp3) is 0.438. The van der Waals surface area contributed by atoms with Gasteiger partial charge in [0.25, 0.3) is 5.91 Å². The summed E-state index contributed by atoms with van der Waals surface area (Å²) < 4.78 is 13.3. The van der Waals surface area contributed by atoms with Crippen LogP contribution in [0.2, 0.25) is 0 Å². The van der Waals surface area contributed by atoms with Gasteiger partial charge in [0, 0.05) is 12.1 Å². The molecule has 0 saturated carbocycles. The van der Waals surface area contributed by atoms with Gasteiger partial charge in [-0.05, 0) is 30.0 Å². The Labute approximate surface area is 119 Å². The van der Waals surface area contributed by atoms with Crippen molar-refractivity contribution in [2.45, 2.75) is 20.8 Å². The van der Waals surface area contributed by atoms with Crippen LogP contribution in [-0.4, -0.2) is 24.2 Å². The number of benzene rings is 1. The topological polar surface area (TPSA) is 49.3 Å². The van der Waals surface area contributed by atoms with Gasteiger partial charge < -0.3 is 10.4 Å². The standard InChI is InChI=1S/C16H20FNO2/c1-11(2)12(3)10-18-16(20)15-9-14(17)7-6-13(15)5-4-8-19/h6-7,9,11-12,19H,8,10H2,1-3H3,(H,18,20). The first kappa shape index (κ1) is 16.2. The number of carbonyl (C=O) groups is 1. The number of carbonyl (C=O) groups excluding carboxylic acids is 1. The van der Waals surface area contributed by atoms with Crippen molar-refractivity contribution in [1.29, 1.82) is 0 Å². The molecule has 0 radical (unpaired) electrons. The minimum absolute atomic E-state index is 0.196. The lowest BCUT2D eigenvalue weighted by atomic mass is 9.98. The van der Waals surface area contributed by atoms with Gasteiger partial charge in [0.2, 0.25) is 0 Å². The molecule has 0 heterocycles. The first-order valence-electron chi connectivity index (χ1n) is 6.63. The van der Waals surface area contributed by atoms with E-state index in [1.807, 2.05) is 6.92 Å². The Bertz CT molecular complexity index is 529. The molecule has 1 aromatic carbocycles. The van der Waals surface area contributed by atoms with E-state index < -0.39 is 5.82 Å². The van der Waals surface area contributed by atoms with Gasteiger partial charge in [-0.15, -0.1) is 0 Å². The summed E-state index contributed by atoms with van der Waals surface area (Å²) in [4.78, 5) is 12.1. The van der Waals surface area contributed by atoms with Crippen LogP contribution < -0.4 is 5.32 Å². The normalized spacial score (nSPS) is 11.7. The second-order valence-electron chi connectivity index (χ2n) is 5.08. The van der Waals surface area contributed by atoms with E-state index in [0.717, 1.165) is 6.07 Å². The van der Waals surface area contributed by atoms with Crippen molar-refractivity contribution in [3.05, 3.63) is 35.1 Å². The highest BCUT2D eigenvalue weighted by atomic mass is 19.1. The summed E-state index contributed by atoms with van der Waals surface area (Å²) >= 11 is 0. The maximum atomic E-state index is 13.3. The molecule has 108 valence electrons. The second kappa shape index (κ2) is 7.66. The zero-order valence-electron chi connectivity index (χ0n) is 12.0. The molecule has 3 nitrogen and oxygen atoms in total. The van der Waals surface area contributed by atoms with E-state index in [9.17, 15) is 9.18 Å². The van der Waals surface area contributed by atoms with Crippen molar-refractivity contribution in [3.63, 3.8) is 0 Å². The quantitative estimate of drug-likeness (QED) is 0.829. The van der Waals surface area contributed by atoms with Crippen LogP contribution in [0.15, 0.2) is 18.2 Å². The molecule has 1 rings (SSSR count). The third kappa shape index (κ3) is 4.67. The average Bonchev–Trinajstić information content (AvgIpc) is 2.42. The second-order valence-corrected chi connectivity index (χ2v) is 5.08. The van der Waals surface area contributed by atoms with Crippen LogP contribution in [0.25, 0.3) is 0 Å². The zero-order chi connectivity index (χ0) is 15.1. The molecule has 0 spiro atoms. The highest BCUT2D eigenvalue weighted by Crippen LogP contribution is 2.12. The number of aliphatic hydroxyl groups is 1. The lowest BCUT2D eigenvalue weighted by Crippen LogP contribution is -2.30. The predicted molar refractivity (Wildman–Crippen MR) is 76.7 cm³/mol. The highest BCUT2D eigenvalue weighted by Gasteiger charge is 2.14. The van der Waals surface area contributed by atoms with Crippen LogP contribution in [-0.2, 0) is 0 Å². The number of aliphatic hydroxyl groups excluding tert-OH is 1. The van der Waals surface area contributed by atoms with Crippen LogP contribution in [0.4, 0.5) is 4.39 Å². The van der Waals surface area contributed by atoms with E-state index in [4.69, 9.17) is 5.11 Å². The SMILES string of the molecule is CC(C)C(C)CNC(=O)c1cc(F)ccc1C#CCO. The fourth-order valence-electron chi connectivity index (χ4n) is 1.53. The molecule has 0 bridgehead atoms. The summed E-state index contributed by atoms with van der Waals surface area (Å²) in [7, 11) is 0. The third-order valence-electron chi connectivity index (χ3n) is 3.25. The third-order valence-corrected chi connectivity index (χ3v) is 3.25. The summed E-state index contributed by atoms with van der Waals surface area (Å²) in [6.45, 7) is 6.43. The van der Waals surface area contributed by atoms with Gasteiger partial charge in [-0.25, -0.2) is 4.39 Å². The Hall–Kier alpha value is -1.86. The first-order valence-corrected chi connectivity index (χ1v) is 6.63. The lowest BCUT2D eigenvalue weighted by Gasteiger charge is -2.16. The number of amides is 1. The Morgan fingerprint density at radius 3 is 2.70 bits per heavy atom. The van der Waals surface area contributed by atoms with Crippen molar-refractivity contribution >= 4 is 5.91 Å². The summed E-state index contributed by atoms with van der Waals surface area (Å²) in [6.07, 6.45) is 0. The van der Waals surface area contributed by atoms with Crippen LogP contribution in [0.3, 0.4) is 0 Å². The molecule has 0 aliphatic heterocycles. The summed E-state index contributed by atoms with van der Waals surface area (Å²) in [5.41, 5.74) is 0.608. The predicted octanol–water partition coefficient (Wildman–Crippen LogP) is 2.19. The number of nitrogens with one attached hydrogen (secondary N) is 1. The highest BCUT2D eigenvalue weighted by molar-refractivity contribution is 5.96. The van der Waals surface area contributed by atoms with Gasteiger partial charge in [-0.3, -0.25) is 4.79 Å². The van der Waals surface area contributed by atoms with Crippen molar-refractivity contribution in [1.82, 2.24) is 5.32 Å². The molecule has 0 aromatic heterocycles. The maximum absolute atomic E-state index is 13.3. The van der Waals surface area contributed by atoms with Crippen molar-refractivity contribution in [3.8, 4) is 11.8 Å². The molecule has 4 heteroatoms. The van der Waals surface area contributed by atoms with Crippen LogP contribution in [0, 0.1) is 29.5 Å². The van der Waals surface area contributed by atoms with E-state index >= 15 is 0 Å². The van der Waals surface area contributed by atoms with Crippen molar-refractivity contribution < 1.29 is 14.3 Å². The molecule has 0 saturated heterocycles. The van der Waals surface area contributed by atoms with E-state index in [2.05, 4.69) is 31.0 Å². The Morgan fingerprint density at radius 2 is 2.10 bits per heavy atom. The fourth-order valence-corrected chi connectivity index (χ4v) is 1.53. The molecule has 1 atom stereocenters. The van der Waals surface area contributed by atoms with Gasteiger partial charge in [0.1, 0.15) is 12.4 Å². The monoisotopic (exact) mass is 277 g/mol. The first-order chi connectivity index (χ1) is 9.45. The van der Waals surface area contributed by atoms with Gasteiger partial charge in [0.15, 0.2) is 0 Å². The minimum atomic E-state index is -0.485. The number of rotatable bonds is 4. The van der Waals surface area contributed by atoms with E-state index in [1.165, 1.54) is 12.1 Å². The average molecular weight is 277 g/mol. The van der Waals surface area contributed by atoms with Gasteiger partial charge in [-0.2, -0.15) is 0 Å². The van der Waals surface area contributed by atoms with Crippen LogP contribution in [0.1, 0.15) is 36.7 Å². The van der Waals surface area contributed by atoms with Crippen molar-refractivity contribution in [2.24, 2.45) is 11.8 Å². The summed E-state index contributed by atoms with van der Waals surface area (Å²) in [5.74, 6) is 5.07. The summed E-state index contributed by atoms with van der Waals surface area (Å²) in [6, 6.07) is 3.85. The largest absolute Gasteiger partial charge is 0.384 e. The maximum Gasteiger partial charge on any atom is 0.252 e. The van der Waals surface area contributed by atoms with E-state index in [1.54, 1.807) is 0 Å².